The third-order valence-corrected chi connectivity index (χ3v) is 5.64. The Hall–Kier alpha value is -2.94. The van der Waals surface area contributed by atoms with Gasteiger partial charge >= 0.3 is 0 Å². The molecule has 4 rings (SSSR count). The summed E-state index contributed by atoms with van der Waals surface area (Å²) in [7, 11) is -3.28. The predicted octanol–water partition coefficient (Wildman–Crippen LogP) is 0.792. The van der Waals surface area contributed by atoms with E-state index in [4.69, 9.17) is 5.73 Å². The molecule has 0 radical (unpaired) electrons. The molecule has 3 N–H and O–H groups in total. The number of rotatable bonds is 4. The van der Waals surface area contributed by atoms with E-state index in [2.05, 4.69) is 15.3 Å². The van der Waals surface area contributed by atoms with Gasteiger partial charge in [0.1, 0.15) is 0 Å². The normalized spacial score (nSPS) is 13.3. The van der Waals surface area contributed by atoms with Crippen LogP contribution in [0.25, 0.3) is 16.9 Å². The number of H-pyrrole nitrogens is 1. The number of nitrogens with zero attached hydrogens (tertiary/aromatic N) is 3. The van der Waals surface area contributed by atoms with E-state index in [1.165, 1.54) is 6.26 Å². The fraction of sp³-hybridized carbons (Fsp3) is 0.235. The van der Waals surface area contributed by atoms with Gasteiger partial charge in [-0.25, -0.2) is 13.1 Å². The maximum absolute atomic E-state index is 11.7. The quantitative estimate of drug-likeness (QED) is 0.702. The molecule has 1 aromatic carbocycles. The number of hydrogen-bond donors (Lipinski definition) is 2. The monoisotopic (exact) mass is 371 g/mol. The molecule has 1 amide bonds. The number of primary amides is 1. The van der Waals surface area contributed by atoms with Crippen LogP contribution >= 0.6 is 0 Å². The summed E-state index contributed by atoms with van der Waals surface area (Å²) in [5, 5.41) is 11.7. The first-order chi connectivity index (χ1) is 12.3. The topological polar surface area (TPSA) is 124 Å². The number of hydrogen-bond acceptors (Lipinski definition) is 5. The number of aromatic nitrogens is 4. The lowest BCUT2D eigenvalue weighted by Gasteiger charge is -2.15. The molecule has 1 aliphatic carbocycles. The summed E-state index contributed by atoms with van der Waals surface area (Å²) in [6.07, 6.45) is 4.48. The molecule has 2 aromatic heterocycles. The molecule has 3 aromatic rings. The van der Waals surface area contributed by atoms with Crippen molar-refractivity contribution < 1.29 is 13.2 Å². The van der Waals surface area contributed by atoms with Crippen LogP contribution in [0.1, 0.15) is 17.0 Å². The molecule has 0 saturated heterocycles. The average molecular weight is 371 g/mol. The van der Waals surface area contributed by atoms with Crippen molar-refractivity contribution >= 4 is 15.7 Å². The zero-order chi connectivity index (χ0) is 18.5. The molecule has 0 atom stereocenters. The van der Waals surface area contributed by atoms with E-state index in [1.807, 2.05) is 0 Å². The standard InChI is InChI=1S/C17H17N5O3S/c1-26(24,25)11-4-2-10(3-5-11)22-17-12(15(21-22)8-16(18)23)6-7-14-13(17)9-19-20-14/h2-5,9H,6-8H2,1H3,(H2,18,23)(H,19,20). The first kappa shape index (κ1) is 16.5. The Morgan fingerprint density at radius 2 is 2.00 bits per heavy atom. The summed E-state index contributed by atoms with van der Waals surface area (Å²) in [6, 6.07) is 6.50. The highest BCUT2D eigenvalue weighted by Crippen LogP contribution is 2.36. The van der Waals surface area contributed by atoms with Crippen LogP contribution in [-0.4, -0.2) is 40.6 Å². The maximum Gasteiger partial charge on any atom is 0.223 e. The van der Waals surface area contributed by atoms with Crippen molar-refractivity contribution in [1.29, 1.82) is 0 Å². The summed E-state index contributed by atoms with van der Waals surface area (Å²) in [6.45, 7) is 0. The van der Waals surface area contributed by atoms with Gasteiger partial charge in [-0.2, -0.15) is 10.2 Å². The van der Waals surface area contributed by atoms with Gasteiger partial charge < -0.3 is 5.73 Å². The van der Waals surface area contributed by atoms with Crippen LogP contribution < -0.4 is 5.73 Å². The largest absolute Gasteiger partial charge is 0.369 e. The molecule has 0 bridgehead atoms. The number of carbonyl (C=O) groups is 1. The van der Waals surface area contributed by atoms with Crippen LogP contribution in [0.4, 0.5) is 0 Å². The summed E-state index contributed by atoms with van der Waals surface area (Å²) in [5.41, 5.74) is 10.5. The van der Waals surface area contributed by atoms with Crippen LogP contribution in [0.2, 0.25) is 0 Å². The van der Waals surface area contributed by atoms with Gasteiger partial charge in [-0.3, -0.25) is 9.89 Å². The second kappa shape index (κ2) is 5.80. The van der Waals surface area contributed by atoms with Gasteiger partial charge in [0.2, 0.25) is 5.91 Å². The zero-order valence-corrected chi connectivity index (χ0v) is 14.9. The van der Waals surface area contributed by atoms with Crippen LogP contribution in [0.15, 0.2) is 35.4 Å². The van der Waals surface area contributed by atoms with Gasteiger partial charge in [0, 0.05) is 23.1 Å². The number of aryl methyl sites for hydroxylation is 1. The molecule has 0 spiro atoms. The van der Waals surface area contributed by atoms with Gasteiger partial charge in [0.15, 0.2) is 9.84 Å². The summed E-state index contributed by atoms with van der Waals surface area (Å²) in [4.78, 5) is 11.7. The predicted molar refractivity (Wildman–Crippen MR) is 94.6 cm³/mol. The fourth-order valence-corrected chi connectivity index (χ4v) is 3.95. The van der Waals surface area contributed by atoms with Gasteiger partial charge in [0.05, 0.1) is 34.6 Å². The number of sulfone groups is 1. The van der Waals surface area contributed by atoms with Crippen molar-refractivity contribution in [2.45, 2.75) is 24.2 Å². The van der Waals surface area contributed by atoms with E-state index < -0.39 is 15.7 Å². The van der Waals surface area contributed by atoms with Gasteiger partial charge in [-0.1, -0.05) is 0 Å². The SMILES string of the molecule is CS(=O)(=O)c1ccc(-n2nc(CC(N)=O)c3c2-c2cn[nH]c2CC3)cc1. The molecule has 0 saturated carbocycles. The molecule has 8 nitrogen and oxygen atoms in total. The average Bonchev–Trinajstić information content (AvgIpc) is 3.18. The van der Waals surface area contributed by atoms with E-state index in [1.54, 1.807) is 35.1 Å². The summed E-state index contributed by atoms with van der Waals surface area (Å²) in [5.74, 6) is -0.442. The van der Waals surface area contributed by atoms with Crippen LogP contribution in [0.3, 0.4) is 0 Å². The molecule has 2 heterocycles. The number of aromatic amines is 1. The number of fused-ring (bicyclic) bond motifs is 3. The summed E-state index contributed by atoms with van der Waals surface area (Å²) < 4.78 is 25.1. The van der Waals surface area contributed by atoms with Crippen LogP contribution in [0, 0.1) is 0 Å². The molecule has 134 valence electrons. The molecular weight excluding hydrogens is 354 g/mol. The molecule has 1 aliphatic rings. The minimum atomic E-state index is -3.28. The number of nitrogens with two attached hydrogens (primary N) is 1. The van der Waals surface area contributed by atoms with Crippen molar-refractivity contribution in [3.8, 4) is 16.9 Å². The number of benzene rings is 1. The Morgan fingerprint density at radius 3 is 2.65 bits per heavy atom. The highest BCUT2D eigenvalue weighted by Gasteiger charge is 2.27. The molecule has 9 heteroatoms. The second-order valence-corrected chi connectivity index (χ2v) is 8.37. The molecule has 26 heavy (non-hydrogen) atoms. The van der Waals surface area contributed by atoms with Crippen molar-refractivity contribution in [3.63, 3.8) is 0 Å². The van der Waals surface area contributed by atoms with E-state index in [-0.39, 0.29) is 11.3 Å². The van der Waals surface area contributed by atoms with Crippen molar-refractivity contribution in [3.05, 3.63) is 47.4 Å². The highest BCUT2D eigenvalue weighted by atomic mass is 32.2. The summed E-state index contributed by atoms with van der Waals surface area (Å²) >= 11 is 0. The van der Waals surface area contributed by atoms with Crippen LogP contribution in [0.5, 0.6) is 0 Å². The van der Waals surface area contributed by atoms with Gasteiger partial charge in [-0.05, 0) is 37.1 Å². The van der Waals surface area contributed by atoms with E-state index >= 15 is 0 Å². The Kier molecular flexibility index (Phi) is 3.69. The Morgan fingerprint density at radius 1 is 1.27 bits per heavy atom. The third-order valence-electron chi connectivity index (χ3n) is 4.52. The zero-order valence-electron chi connectivity index (χ0n) is 14.1. The van der Waals surface area contributed by atoms with Gasteiger partial charge in [-0.15, -0.1) is 0 Å². The molecular formula is C17H17N5O3S. The lowest BCUT2D eigenvalue weighted by atomic mass is 9.93. The first-order valence-corrected chi connectivity index (χ1v) is 9.96. The van der Waals surface area contributed by atoms with E-state index in [9.17, 15) is 13.2 Å². The lowest BCUT2D eigenvalue weighted by Crippen LogP contribution is -2.15. The highest BCUT2D eigenvalue weighted by molar-refractivity contribution is 7.90. The second-order valence-electron chi connectivity index (χ2n) is 6.36. The number of amides is 1. The Balaban J connectivity index is 1.89. The number of carbonyl (C=O) groups excluding carboxylic acids is 1. The molecule has 0 fully saturated rings. The van der Waals surface area contributed by atoms with Crippen molar-refractivity contribution in [2.24, 2.45) is 5.73 Å². The lowest BCUT2D eigenvalue weighted by molar-refractivity contribution is -0.117. The Labute approximate surface area is 149 Å². The van der Waals surface area contributed by atoms with E-state index in [0.29, 0.717) is 11.4 Å². The Bertz CT molecular complexity index is 1110. The smallest absolute Gasteiger partial charge is 0.223 e. The third kappa shape index (κ3) is 2.70. The van der Waals surface area contributed by atoms with E-state index in [0.717, 1.165) is 35.4 Å². The van der Waals surface area contributed by atoms with Crippen molar-refractivity contribution in [1.82, 2.24) is 20.0 Å². The number of nitrogens with one attached hydrogen (secondary N) is 1. The maximum atomic E-state index is 11.7. The molecule has 0 aliphatic heterocycles. The van der Waals surface area contributed by atoms with Crippen LogP contribution in [-0.2, 0) is 33.9 Å². The minimum Gasteiger partial charge on any atom is -0.369 e. The van der Waals surface area contributed by atoms with Gasteiger partial charge in [0.25, 0.3) is 0 Å². The van der Waals surface area contributed by atoms with Crippen molar-refractivity contribution in [2.75, 3.05) is 6.26 Å². The fourth-order valence-electron chi connectivity index (χ4n) is 3.32. The minimum absolute atomic E-state index is 0.0595. The first-order valence-electron chi connectivity index (χ1n) is 8.07. The molecule has 0 unspecified atom stereocenters.